The largest absolute Gasteiger partial charge is 0.398 e. The second-order valence-corrected chi connectivity index (χ2v) is 21.2. The van der Waals surface area contributed by atoms with E-state index in [1.54, 1.807) is 38.1 Å². The fourth-order valence-electron chi connectivity index (χ4n) is 8.22. The molecular weight excluding hydrogens is 747 g/mol. The van der Waals surface area contributed by atoms with Gasteiger partial charge in [-0.2, -0.15) is 5.26 Å². The van der Waals surface area contributed by atoms with Gasteiger partial charge in [-0.05, 0) is 79.1 Å². The van der Waals surface area contributed by atoms with Crippen molar-refractivity contribution in [1.82, 2.24) is 20.9 Å². The third-order valence-electron chi connectivity index (χ3n) is 11.8. The average molecular weight is 806 g/mol. The summed E-state index contributed by atoms with van der Waals surface area (Å²) in [5, 5.41) is 19.9. The number of nitriles is 1. The maximum absolute atomic E-state index is 14.1. The van der Waals surface area contributed by atoms with E-state index in [1.165, 1.54) is 4.90 Å². The van der Waals surface area contributed by atoms with Crippen LogP contribution < -0.4 is 26.3 Å². The van der Waals surface area contributed by atoms with Crippen molar-refractivity contribution in [2.45, 2.75) is 134 Å². The summed E-state index contributed by atoms with van der Waals surface area (Å²) in [7, 11) is -2.92. The predicted octanol–water partition coefficient (Wildman–Crippen LogP) is 4.84. The van der Waals surface area contributed by atoms with Crippen LogP contribution in [0.25, 0.3) is 0 Å². The van der Waals surface area contributed by atoms with Gasteiger partial charge < -0.3 is 25.3 Å². The van der Waals surface area contributed by atoms with E-state index in [1.807, 2.05) is 43.3 Å². The summed E-state index contributed by atoms with van der Waals surface area (Å²) in [6.07, 6.45) is 3.16. The minimum Gasteiger partial charge on any atom is -0.398 e. The number of fused-ring (bicyclic) bond motifs is 1. The molecule has 3 N–H and O–H groups in total. The van der Waals surface area contributed by atoms with E-state index in [0.717, 1.165) is 15.9 Å². The van der Waals surface area contributed by atoms with Crippen LogP contribution in [0.15, 0.2) is 84.9 Å². The number of benzene rings is 3. The number of ketones is 1. The van der Waals surface area contributed by atoms with Gasteiger partial charge in [0.15, 0.2) is 5.78 Å². The number of rotatable bonds is 14. The SMILES string of the molecule is CC[C@]1(C)NC(=O)[C@H](CCCCCC(=O)[C@H](C)O[Si](c2ccccc2)(c2ccccc2)C(C)(C)C)NC(=O)[C@H]2CCCN2C(=O)[C@H](Cc2ccc(C#N)cc2)NC1=O. The smallest absolute Gasteiger partial charge is 0.262 e. The molecule has 0 aliphatic carbocycles. The Labute approximate surface area is 344 Å². The monoisotopic (exact) mass is 805 g/mol. The Morgan fingerprint density at radius 1 is 0.897 bits per heavy atom. The number of hydrogen-bond donors (Lipinski definition) is 3. The summed E-state index contributed by atoms with van der Waals surface area (Å²) >= 11 is 0. The molecule has 3 aromatic rings. The molecule has 2 fully saturated rings. The van der Waals surface area contributed by atoms with Crippen molar-refractivity contribution in [3.8, 4) is 6.07 Å². The Morgan fingerprint density at radius 2 is 1.52 bits per heavy atom. The fraction of sp³-hybridized carbons (Fsp3) is 0.478. The lowest BCUT2D eigenvalue weighted by Crippen LogP contribution is -2.68. The molecule has 0 aromatic heterocycles. The summed E-state index contributed by atoms with van der Waals surface area (Å²) < 4.78 is 7.02. The second-order valence-electron chi connectivity index (χ2n) is 17.0. The molecule has 0 radical (unpaired) electrons. The van der Waals surface area contributed by atoms with Crippen LogP contribution in [0.5, 0.6) is 0 Å². The van der Waals surface area contributed by atoms with E-state index in [-0.39, 0.29) is 29.6 Å². The molecule has 5 atom stereocenters. The highest BCUT2D eigenvalue weighted by molar-refractivity contribution is 6.99. The first-order valence-electron chi connectivity index (χ1n) is 20.7. The van der Waals surface area contributed by atoms with Gasteiger partial charge in [-0.25, -0.2) is 0 Å². The standard InChI is InChI=1S/C46H59N5O6Si/c1-7-46(6)44(56)49-38(30-33-25-27-34(31-47)28-26-33)43(55)51-29-17-23-39(51)42(54)48-37(41(53)50-46)22-15-10-16-24-40(52)32(2)57-58(45(3,4)5,35-18-11-8-12-19-35)36-20-13-9-14-21-36/h8-9,11-14,18-21,25-28,32,37-39H,7,10,15-17,22-24,29-30H2,1-6H3,(H,48,54)(H,49,56)(H,50,53)/t32-,37-,38-,39+,46-/m0/s1. The van der Waals surface area contributed by atoms with Gasteiger partial charge in [-0.1, -0.05) is 113 Å². The number of Topliss-reactive ketones (excluding diaryl/α,β-unsaturated/α-hetero) is 1. The van der Waals surface area contributed by atoms with Gasteiger partial charge in [-0.3, -0.25) is 24.0 Å². The van der Waals surface area contributed by atoms with E-state index < -0.39 is 55.8 Å². The van der Waals surface area contributed by atoms with Gasteiger partial charge in [0.2, 0.25) is 23.6 Å². The molecule has 12 heteroatoms. The molecule has 2 aliphatic rings. The lowest BCUT2D eigenvalue weighted by atomic mass is 9.94. The van der Waals surface area contributed by atoms with Crippen LogP contribution in [0.2, 0.25) is 5.04 Å². The molecular formula is C46H59N5O6Si. The summed E-state index contributed by atoms with van der Waals surface area (Å²) in [5.41, 5.74) is -0.138. The van der Waals surface area contributed by atoms with E-state index in [2.05, 4.69) is 67.1 Å². The quantitative estimate of drug-likeness (QED) is 0.155. The number of unbranched alkanes of at least 4 members (excludes halogenated alkanes) is 2. The number of amides is 4. The average Bonchev–Trinajstić information content (AvgIpc) is 3.72. The number of hydrogen-bond acceptors (Lipinski definition) is 7. The van der Waals surface area contributed by atoms with Crippen LogP contribution >= 0.6 is 0 Å². The lowest BCUT2D eigenvalue weighted by Gasteiger charge is -2.44. The van der Waals surface area contributed by atoms with E-state index in [9.17, 15) is 29.2 Å². The third kappa shape index (κ3) is 9.93. The number of carbonyl (C=O) groups excluding carboxylic acids is 5. The number of nitrogens with zero attached hydrogens (tertiary/aromatic N) is 2. The molecule has 2 saturated heterocycles. The molecule has 308 valence electrons. The first-order valence-corrected chi connectivity index (χ1v) is 22.6. The first-order chi connectivity index (χ1) is 27.6. The van der Waals surface area contributed by atoms with Crippen LogP contribution in [0.3, 0.4) is 0 Å². The Balaban J connectivity index is 1.25. The van der Waals surface area contributed by atoms with Gasteiger partial charge in [0.25, 0.3) is 8.32 Å². The normalized spacial score (nSPS) is 22.4. The zero-order valence-electron chi connectivity index (χ0n) is 34.8. The zero-order chi connectivity index (χ0) is 42.1. The summed E-state index contributed by atoms with van der Waals surface area (Å²) in [6, 6.07) is 26.6. The Kier molecular flexibility index (Phi) is 14.5. The van der Waals surface area contributed by atoms with Gasteiger partial charge in [-0.15, -0.1) is 0 Å². The lowest BCUT2D eigenvalue weighted by molar-refractivity contribution is -0.144. The highest BCUT2D eigenvalue weighted by Crippen LogP contribution is 2.37. The van der Waals surface area contributed by atoms with Crippen LogP contribution in [0.4, 0.5) is 0 Å². The maximum Gasteiger partial charge on any atom is 0.262 e. The molecule has 5 rings (SSSR count). The minimum atomic E-state index is -2.92. The number of nitrogens with one attached hydrogen (secondary N) is 3. The highest BCUT2D eigenvalue weighted by Gasteiger charge is 2.51. The van der Waals surface area contributed by atoms with Crippen molar-refractivity contribution < 1.29 is 28.4 Å². The Morgan fingerprint density at radius 3 is 2.09 bits per heavy atom. The molecule has 0 spiro atoms. The summed E-state index contributed by atoms with van der Waals surface area (Å²) in [4.78, 5) is 70.9. The maximum atomic E-state index is 14.1. The molecule has 0 saturated carbocycles. The van der Waals surface area contributed by atoms with Gasteiger partial charge in [0.1, 0.15) is 29.8 Å². The summed E-state index contributed by atoms with van der Waals surface area (Å²) in [5.74, 6) is -1.73. The molecule has 2 heterocycles. The molecule has 11 nitrogen and oxygen atoms in total. The molecule has 0 bridgehead atoms. The van der Waals surface area contributed by atoms with Gasteiger partial charge in [0, 0.05) is 19.4 Å². The summed E-state index contributed by atoms with van der Waals surface area (Å²) in [6.45, 7) is 12.1. The molecule has 2 aliphatic heterocycles. The van der Waals surface area contributed by atoms with Crippen LogP contribution in [0, 0.1) is 11.3 Å². The fourth-order valence-corrected chi connectivity index (χ4v) is 12.9. The van der Waals surface area contributed by atoms with Crippen LogP contribution in [0.1, 0.15) is 104 Å². The minimum absolute atomic E-state index is 0.0123. The first kappa shape index (κ1) is 44.0. The van der Waals surface area contributed by atoms with Crippen molar-refractivity contribution in [3.05, 3.63) is 96.1 Å². The molecule has 4 amide bonds. The van der Waals surface area contributed by atoms with Gasteiger partial charge in [0.05, 0.1) is 11.6 Å². The van der Waals surface area contributed by atoms with Crippen molar-refractivity contribution in [3.63, 3.8) is 0 Å². The molecule has 0 unspecified atom stereocenters. The molecule has 3 aromatic carbocycles. The van der Waals surface area contributed by atoms with Crippen LogP contribution in [-0.4, -0.2) is 78.9 Å². The zero-order valence-corrected chi connectivity index (χ0v) is 35.8. The Hall–Kier alpha value is -5.12. The van der Waals surface area contributed by atoms with Crippen molar-refractivity contribution in [1.29, 1.82) is 5.26 Å². The second kappa shape index (κ2) is 19.1. The van der Waals surface area contributed by atoms with E-state index >= 15 is 0 Å². The highest BCUT2D eigenvalue weighted by atomic mass is 28.4. The molecule has 58 heavy (non-hydrogen) atoms. The predicted molar refractivity (Wildman–Crippen MR) is 227 cm³/mol. The van der Waals surface area contributed by atoms with Crippen LogP contribution in [-0.2, 0) is 34.8 Å². The topological polar surface area (TPSA) is 158 Å². The van der Waals surface area contributed by atoms with Crippen molar-refractivity contribution in [2.24, 2.45) is 0 Å². The van der Waals surface area contributed by atoms with Crippen molar-refractivity contribution >= 4 is 48.1 Å². The van der Waals surface area contributed by atoms with Crippen molar-refractivity contribution in [2.75, 3.05) is 6.54 Å². The Bertz CT molecular complexity index is 1920. The number of carbonyl (C=O) groups is 5. The van der Waals surface area contributed by atoms with E-state index in [0.29, 0.717) is 57.1 Å². The van der Waals surface area contributed by atoms with Gasteiger partial charge >= 0.3 is 0 Å². The van der Waals surface area contributed by atoms with E-state index in [4.69, 9.17) is 4.43 Å². The third-order valence-corrected chi connectivity index (χ3v) is 17.0.